The van der Waals surface area contributed by atoms with Gasteiger partial charge in [-0.3, -0.25) is 0 Å². The van der Waals surface area contributed by atoms with Gasteiger partial charge in [-0.1, -0.05) is 19.9 Å². The average Bonchev–Trinajstić information content (AvgIpc) is 3.67. The second-order valence-corrected chi connectivity index (χ2v) is 14.0. The number of hydrogen-bond acceptors (Lipinski definition) is 8. The summed E-state index contributed by atoms with van der Waals surface area (Å²) in [5.74, 6) is 0.110. The number of methoxy groups -OCH3 is 1. The Labute approximate surface area is 240 Å². The normalized spacial score (nSPS) is 14.0. The highest BCUT2D eigenvalue weighted by atomic mass is 31.2. The van der Waals surface area contributed by atoms with Crippen molar-refractivity contribution < 1.29 is 26.9 Å². The Kier molecular flexibility index (Phi) is 7.82. The van der Waals surface area contributed by atoms with E-state index in [1.807, 2.05) is 0 Å². The number of ether oxygens (including phenoxy) is 1. The molecule has 14 heteroatoms. The van der Waals surface area contributed by atoms with Gasteiger partial charge in [-0.15, -0.1) is 0 Å². The van der Waals surface area contributed by atoms with Crippen molar-refractivity contribution in [1.82, 2.24) is 29.7 Å². The van der Waals surface area contributed by atoms with E-state index >= 15 is 4.39 Å². The molecular formula is C28H30F4N7O2P. The third-order valence-corrected chi connectivity index (χ3v) is 8.38. The highest BCUT2D eigenvalue weighted by molar-refractivity contribution is 7.70. The molecule has 1 aliphatic rings. The van der Waals surface area contributed by atoms with E-state index in [0.29, 0.717) is 34.0 Å². The van der Waals surface area contributed by atoms with Gasteiger partial charge in [0.25, 0.3) is 0 Å². The Morgan fingerprint density at radius 1 is 1.14 bits per heavy atom. The lowest BCUT2D eigenvalue weighted by molar-refractivity contribution is -0.141. The first-order chi connectivity index (χ1) is 19.8. The third kappa shape index (κ3) is 6.01. The predicted molar refractivity (Wildman–Crippen MR) is 151 cm³/mol. The average molecular weight is 604 g/mol. The van der Waals surface area contributed by atoms with E-state index in [2.05, 4.69) is 30.4 Å². The van der Waals surface area contributed by atoms with Gasteiger partial charge in [0.1, 0.15) is 36.4 Å². The maximum Gasteiger partial charge on any atom is 0.435 e. The van der Waals surface area contributed by atoms with E-state index in [9.17, 15) is 17.7 Å². The smallest absolute Gasteiger partial charge is 0.435 e. The summed E-state index contributed by atoms with van der Waals surface area (Å²) in [5, 5.41) is 7.19. The summed E-state index contributed by atoms with van der Waals surface area (Å²) >= 11 is 0. The minimum atomic E-state index is -4.66. The quantitative estimate of drug-likeness (QED) is 0.179. The van der Waals surface area contributed by atoms with E-state index in [1.54, 1.807) is 33.2 Å². The highest BCUT2D eigenvalue weighted by Crippen LogP contribution is 2.45. The number of aromatic nitrogens is 6. The largest absolute Gasteiger partial charge is 0.480 e. The summed E-state index contributed by atoms with van der Waals surface area (Å²) in [7, 11) is -1.34. The molecule has 1 fully saturated rings. The van der Waals surface area contributed by atoms with Crippen LogP contribution >= 0.6 is 7.14 Å². The van der Waals surface area contributed by atoms with Crippen LogP contribution < -0.4 is 15.4 Å². The number of hydrogen-bond donors (Lipinski definition) is 1. The molecular weight excluding hydrogens is 573 g/mol. The fourth-order valence-electron chi connectivity index (χ4n) is 4.59. The van der Waals surface area contributed by atoms with E-state index in [4.69, 9.17) is 4.74 Å². The number of nitrogens with one attached hydrogen (secondary N) is 1. The zero-order valence-electron chi connectivity index (χ0n) is 23.7. The van der Waals surface area contributed by atoms with Crippen LogP contribution in [0.15, 0.2) is 36.8 Å². The monoisotopic (exact) mass is 603 g/mol. The van der Waals surface area contributed by atoms with Crippen LogP contribution in [0.5, 0.6) is 5.88 Å². The molecule has 1 saturated carbocycles. The van der Waals surface area contributed by atoms with Gasteiger partial charge in [-0.05, 0) is 55.9 Å². The first-order valence-corrected chi connectivity index (χ1v) is 15.9. The van der Waals surface area contributed by atoms with Crippen LogP contribution in [0.3, 0.4) is 0 Å². The van der Waals surface area contributed by atoms with Crippen molar-refractivity contribution in [2.75, 3.05) is 25.8 Å². The molecule has 9 nitrogen and oxygen atoms in total. The van der Waals surface area contributed by atoms with E-state index < -0.39 is 24.8 Å². The zero-order chi connectivity index (χ0) is 30.4. The van der Waals surface area contributed by atoms with Gasteiger partial charge in [0.2, 0.25) is 5.88 Å². The van der Waals surface area contributed by atoms with E-state index in [-0.39, 0.29) is 29.8 Å². The maximum absolute atomic E-state index is 15.3. The van der Waals surface area contributed by atoms with Crippen LogP contribution in [0.1, 0.15) is 61.2 Å². The number of benzene rings is 1. The minimum absolute atomic E-state index is 0.0858. The van der Waals surface area contributed by atoms with Crippen molar-refractivity contribution in [3.8, 4) is 23.0 Å². The molecule has 0 saturated heterocycles. The van der Waals surface area contributed by atoms with E-state index in [1.165, 1.54) is 31.8 Å². The number of halogens is 4. The van der Waals surface area contributed by atoms with Crippen molar-refractivity contribution in [2.24, 2.45) is 0 Å². The second-order valence-electron chi connectivity index (χ2n) is 10.9. The van der Waals surface area contributed by atoms with Gasteiger partial charge >= 0.3 is 6.18 Å². The molecule has 222 valence electrons. The Morgan fingerprint density at radius 2 is 1.88 bits per heavy atom. The minimum Gasteiger partial charge on any atom is -0.480 e. The number of nitrogens with zero attached hydrogens (tertiary/aromatic N) is 6. The van der Waals surface area contributed by atoms with Crippen LogP contribution in [0.4, 0.5) is 23.4 Å². The number of anilines is 1. The summed E-state index contributed by atoms with van der Waals surface area (Å²) in [4.78, 5) is 17.8. The summed E-state index contributed by atoms with van der Waals surface area (Å²) in [6.45, 7) is 6.70. The summed E-state index contributed by atoms with van der Waals surface area (Å²) in [6, 6.07) is 5.13. The van der Waals surface area contributed by atoms with Crippen molar-refractivity contribution in [1.29, 1.82) is 0 Å². The fraction of sp³-hybridized carbons (Fsp3) is 0.393. The van der Waals surface area contributed by atoms with Crippen LogP contribution in [0, 0.1) is 5.82 Å². The first-order valence-electron chi connectivity index (χ1n) is 13.3. The van der Waals surface area contributed by atoms with Crippen LogP contribution in [-0.4, -0.2) is 50.2 Å². The van der Waals surface area contributed by atoms with Crippen LogP contribution in [-0.2, 0) is 17.3 Å². The number of alkyl halides is 3. The molecule has 0 spiro atoms. The molecule has 42 heavy (non-hydrogen) atoms. The molecule has 0 aliphatic heterocycles. The second kappa shape index (κ2) is 11.1. The SMILES string of the molecule is COc1ncnc(C2CC2)c1-c1ncc(P(C)(C)=O)c(NCc2ccc(-n3nc(C(F)(F)F)cc3C(C)C)c(F)c2)n1. The molecule has 0 amide bonds. The molecule has 1 aliphatic carbocycles. The first kappa shape index (κ1) is 29.6. The summed E-state index contributed by atoms with van der Waals surface area (Å²) < 4.78 is 74.8. The van der Waals surface area contributed by atoms with Crippen molar-refractivity contribution in [2.45, 2.75) is 51.2 Å². The molecule has 0 atom stereocenters. The van der Waals surface area contributed by atoms with Crippen LogP contribution in [0.2, 0.25) is 0 Å². The molecule has 5 rings (SSSR count). The van der Waals surface area contributed by atoms with Crippen molar-refractivity contribution >= 4 is 18.3 Å². The molecule has 1 aromatic carbocycles. The molecule has 0 bridgehead atoms. The lowest BCUT2D eigenvalue weighted by Gasteiger charge is -2.17. The Morgan fingerprint density at radius 3 is 2.48 bits per heavy atom. The Bertz CT molecular complexity index is 1680. The maximum atomic E-state index is 15.3. The fourth-order valence-corrected chi connectivity index (χ4v) is 5.56. The highest BCUT2D eigenvalue weighted by Gasteiger charge is 2.36. The molecule has 4 aromatic rings. The summed E-state index contributed by atoms with van der Waals surface area (Å²) in [6.07, 6.45) is 0.237. The van der Waals surface area contributed by atoms with E-state index in [0.717, 1.165) is 29.3 Å². The molecule has 1 N–H and O–H groups in total. The Hall–Kier alpha value is -3.86. The van der Waals surface area contributed by atoms with Gasteiger partial charge < -0.3 is 14.6 Å². The lowest BCUT2D eigenvalue weighted by atomic mass is 10.1. The lowest BCUT2D eigenvalue weighted by Crippen LogP contribution is -2.17. The van der Waals surface area contributed by atoms with Gasteiger partial charge in [0.05, 0.1) is 18.1 Å². The Balaban J connectivity index is 1.47. The van der Waals surface area contributed by atoms with Crippen molar-refractivity contribution in [3.63, 3.8) is 0 Å². The molecule has 3 heterocycles. The zero-order valence-corrected chi connectivity index (χ0v) is 24.6. The topological polar surface area (TPSA) is 108 Å². The van der Waals surface area contributed by atoms with Gasteiger partial charge in [0, 0.05) is 24.4 Å². The molecule has 0 radical (unpaired) electrons. The third-order valence-electron chi connectivity index (χ3n) is 6.89. The van der Waals surface area contributed by atoms with Crippen molar-refractivity contribution in [3.05, 3.63) is 65.3 Å². The summed E-state index contributed by atoms with van der Waals surface area (Å²) in [5.41, 5.74) is 0.877. The predicted octanol–water partition coefficient (Wildman–Crippen LogP) is 6.15. The van der Waals surface area contributed by atoms with Gasteiger partial charge in [-0.2, -0.15) is 18.3 Å². The van der Waals surface area contributed by atoms with Crippen LogP contribution in [0.25, 0.3) is 17.1 Å². The van der Waals surface area contributed by atoms with Gasteiger partial charge in [0.15, 0.2) is 11.5 Å². The number of rotatable bonds is 9. The standard InChI is InChI=1S/C28H30F4N7O2P/c1-15(2)20-11-22(28(30,31)32)38-39(20)19-9-6-16(10-18(19)29)12-33-25-21(42(4,5)40)13-34-26(37-25)23-24(17-7-8-17)35-14-36-27(23)41-3/h6,9-11,13-15,17H,7-8,12H2,1-5H3,(H,33,34,37). The molecule has 0 unspecified atom stereocenters. The van der Waals surface area contributed by atoms with Gasteiger partial charge in [-0.25, -0.2) is 29.0 Å². The molecule has 3 aromatic heterocycles.